The normalized spacial score (nSPS) is 14.0. The highest BCUT2D eigenvalue weighted by Crippen LogP contribution is 2.25. The number of benzene rings is 2. The number of methoxy groups -OCH3 is 1. The molecule has 2 N–H and O–H groups in total. The molecule has 0 bridgehead atoms. The molecule has 0 saturated carbocycles. The Morgan fingerprint density at radius 3 is 2.73 bits per heavy atom. The number of nitrogens with zero attached hydrogens (tertiary/aromatic N) is 3. The first kappa shape index (κ1) is 16.5. The summed E-state index contributed by atoms with van der Waals surface area (Å²) in [5.74, 6) is 1.70. The molecule has 0 atom stereocenters. The predicted octanol–water partition coefficient (Wildman–Crippen LogP) is 3.29. The lowest BCUT2D eigenvalue weighted by Gasteiger charge is -2.28. The average molecular weight is 346 g/mol. The first-order chi connectivity index (χ1) is 12.7. The third kappa shape index (κ3) is 3.39. The van der Waals surface area contributed by atoms with Crippen molar-refractivity contribution in [3.05, 3.63) is 71.5 Å². The summed E-state index contributed by atoms with van der Waals surface area (Å²) in [6.45, 7) is 2.70. The van der Waals surface area contributed by atoms with Crippen LogP contribution in [0.1, 0.15) is 16.8 Å². The van der Waals surface area contributed by atoms with E-state index in [0.717, 1.165) is 54.6 Å². The second kappa shape index (κ2) is 7.14. The monoisotopic (exact) mass is 346 g/mol. The summed E-state index contributed by atoms with van der Waals surface area (Å²) in [5.41, 5.74) is 11.1. The Labute approximate surface area is 153 Å². The van der Waals surface area contributed by atoms with Gasteiger partial charge in [0.15, 0.2) is 5.82 Å². The number of hydrogen-bond acceptors (Lipinski definition) is 5. The molecule has 0 unspecified atom stereocenters. The molecule has 4 rings (SSSR count). The van der Waals surface area contributed by atoms with Crippen LogP contribution >= 0.6 is 0 Å². The van der Waals surface area contributed by atoms with Gasteiger partial charge in [0.25, 0.3) is 0 Å². The molecule has 0 aliphatic carbocycles. The maximum absolute atomic E-state index is 5.76. The van der Waals surface area contributed by atoms with Crippen molar-refractivity contribution in [2.75, 3.05) is 19.4 Å². The highest BCUT2D eigenvalue weighted by molar-refractivity contribution is 5.58. The largest absolute Gasteiger partial charge is 0.496 e. The second-order valence-electron chi connectivity index (χ2n) is 6.56. The van der Waals surface area contributed by atoms with E-state index in [2.05, 4.69) is 22.0 Å². The standard InChI is InChI=1S/C21H22N4O/c1-26-20-5-3-2-4-16(20)13-25-11-10-19-17(14-25)12-23-21(24-19)15-6-8-18(22)9-7-15/h2-9,12H,10-11,13-14,22H2,1H3. The van der Waals surface area contributed by atoms with Crippen LogP contribution in [0.15, 0.2) is 54.7 Å². The molecular formula is C21H22N4O. The number of nitrogens with two attached hydrogens (primary N) is 1. The van der Waals surface area contributed by atoms with E-state index in [9.17, 15) is 0 Å². The van der Waals surface area contributed by atoms with Gasteiger partial charge in [-0.3, -0.25) is 4.90 Å². The third-order valence-electron chi connectivity index (χ3n) is 4.77. The fourth-order valence-electron chi connectivity index (χ4n) is 3.36. The SMILES string of the molecule is COc1ccccc1CN1CCc2nc(-c3ccc(N)cc3)ncc2C1. The molecule has 5 nitrogen and oxygen atoms in total. The van der Waals surface area contributed by atoms with E-state index in [0.29, 0.717) is 0 Å². The molecule has 3 aromatic rings. The Kier molecular flexibility index (Phi) is 4.54. The molecule has 0 spiro atoms. The van der Waals surface area contributed by atoms with E-state index < -0.39 is 0 Å². The summed E-state index contributed by atoms with van der Waals surface area (Å²) in [4.78, 5) is 11.8. The smallest absolute Gasteiger partial charge is 0.159 e. The van der Waals surface area contributed by atoms with Crippen LogP contribution in [-0.2, 0) is 19.5 Å². The summed E-state index contributed by atoms with van der Waals surface area (Å²) in [6, 6.07) is 15.9. The third-order valence-corrected chi connectivity index (χ3v) is 4.77. The summed E-state index contributed by atoms with van der Waals surface area (Å²) in [5, 5.41) is 0. The van der Waals surface area contributed by atoms with Gasteiger partial charge in [0.1, 0.15) is 5.75 Å². The summed E-state index contributed by atoms with van der Waals surface area (Å²) in [6.07, 6.45) is 2.89. The molecule has 1 aliphatic heterocycles. The number of anilines is 1. The van der Waals surface area contributed by atoms with E-state index in [-0.39, 0.29) is 0 Å². The molecule has 2 heterocycles. The van der Waals surface area contributed by atoms with Crippen LogP contribution < -0.4 is 10.5 Å². The Morgan fingerprint density at radius 1 is 1.12 bits per heavy atom. The number of fused-ring (bicyclic) bond motifs is 1. The molecule has 0 saturated heterocycles. The van der Waals surface area contributed by atoms with Gasteiger partial charge < -0.3 is 10.5 Å². The fraction of sp³-hybridized carbons (Fsp3) is 0.238. The minimum atomic E-state index is 0.749. The fourth-order valence-corrected chi connectivity index (χ4v) is 3.36. The number of ether oxygens (including phenoxy) is 1. The molecular weight excluding hydrogens is 324 g/mol. The zero-order valence-electron chi connectivity index (χ0n) is 14.9. The van der Waals surface area contributed by atoms with E-state index in [1.54, 1.807) is 7.11 Å². The Bertz CT molecular complexity index is 908. The van der Waals surface area contributed by atoms with Gasteiger partial charge in [0.05, 0.1) is 12.8 Å². The Hall–Kier alpha value is -2.92. The van der Waals surface area contributed by atoms with E-state index in [4.69, 9.17) is 15.5 Å². The van der Waals surface area contributed by atoms with Crippen LogP contribution in [0.25, 0.3) is 11.4 Å². The Balaban J connectivity index is 1.52. The molecule has 2 aromatic carbocycles. The molecule has 0 amide bonds. The van der Waals surface area contributed by atoms with Gasteiger partial charge in [0, 0.05) is 54.6 Å². The zero-order chi connectivity index (χ0) is 17.9. The molecule has 0 fully saturated rings. The first-order valence-corrected chi connectivity index (χ1v) is 8.78. The van der Waals surface area contributed by atoms with Crippen LogP contribution in [0.5, 0.6) is 5.75 Å². The highest BCUT2D eigenvalue weighted by atomic mass is 16.5. The quantitative estimate of drug-likeness (QED) is 0.735. The predicted molar refractivity (Wildman–Crippen MR) is 103 cm³/mol. The molecule has 26 heavy (non-hydrogen) atoms. The summed E-state index contributed by atoms with van der Waals surface area (Å²) in [7, 11) is 1.72. The maximum Gasteiger partial charge on any atom is 0.159 e. The van der Waals surface area contributed by atoms with Crippen molar-refractivity contribution in [3.8, 4) is 17.1 Å². The number of aromatic nitrogens is 2. The number of nitrogen functional groups attached to an aromatic ring is 1. The van der Waals surface area contributed by atoms with Crippen LogP contribution in [0.3, 0.4) is 0 Å². The molecule has 132 valence electrons. The van der Waals surface area contributed by atoms with Gasteiger partial charge in [0.2, 0.25) is 0 Å². The van der Waals surface area contributed by atoms with E-state index >= 15 is 0 Å². The van der Waals surface area contributed by atoms with Gasteiger partial charge in [-0.25, -0.2) is 9.97 Å². The van der Waals surface area contributed by atoms with Gasteiger partial charge in [-0.2, -0.15) is 0 Å². The zero-order valence-corrected chi connectivity index (χ0v) is 14.9. The van der Waals surface area contributed by atoms with Crippen LogP contribution in [-0.4, -0.2) is 28.5 Å². The molecule has 0 radical (unpaired) electrons. The van der Waals surface area contributed by atoms with Crippen molar-refractivity contribution in [2.45, 2.75) is 19.5 Å². The summed E-state index contributed by atoms with van der Waals surface area (Å²) < 4.78 is 5.47. The average Bonchev–Trinajstić information content (AvgIpc) is 2.68. The van der Waals surface area contributed by atoms with Gasteiger partial charge >= 0.3 is 0 Å². The minimum Gasteiger partial charge on any atom is -0.496 e. The van der Waals surface area contributed by atoms with Crippen LogP contribution in [0.2, 0.25) is 0 Å². The van der Waals surface area contributed by atoms with Crippen molar-refractivity contribution >= 4 is 5.69 Å². The Morgan fingerprint density at radius 2 is 1.92 bits per heavy atom. The first-order valence-electron chi connectivity index (χ1n) is 8.78. The van der Waals surface area contributed by atoms with Gasteiger partial charge in [-0.1, -0.05) is 18.2 Å². The second-order valence-corrected chi connectivity index (χ2v) is 6.56. The van der Waals surface area contributed by atoms with Crippen molar-refractivity contribution in [1.29, 1.82) is 0 Å². The van der Waals surface area contributed by atoms with Gasteiger partial charge in [-0.05, 0) is 30.3 Å². The topological polar surface area (TPSA) is 64.3 Å². The number of rotatable bonds is 4. The van der Waals surface area contributed by atoms with Crippen LogP contribution in [0.4, 0.5) is 5.69 Å². The lowest BCUT2D eigenvalue weighted by Crippen LogP contribution is -2.31. The van der Waals surface area contributed by atoms with Crippen molar-refractivity contribution in [1.82, 2.24) is 14.9 Å². The lowest BCUT2D eigenvalue weighted by atomic mass is 10.1. The minimum absolute atomic E-state index is 0.749. The van der Waals surface area contributed by atoms with Crippen molar-refractivity contribution in [3.63, 3.8) is 0 Å². The number of hydrogen-bond donors (Lipinski definition) is 1. The molecule has 5 heteroatoms. The van der Waals surface area contributed by atoms with E-state index in [1.807, 2.05) is 42.6 Å². The summed E-state index contributed by atoms with van der Waals surface area (Å²) >= 11 is 0. The lowest BCUT2D eigenvalue weighted by molar-refractivity contribution is 0.239. The van der Waals surface area contributed by atoms with Gasteiger partial charge in [-0.15, -0.1) is 0 Å². The maximum atomic E-state index is 5.76. The van der Waals surface area contributed by atoms with Crippen molar-refractivity contribution in [2.24, 2.45) is 0 Å². The molecule has 1 aliphatic rings. The number of para-hydroxylation sites is 1. The highest BCUT2D eigenvalue weighted by Gasteiger charge is 2.19. The van der Waals surface area contributed by atoms with Crippen molar-refractivity contribution < 1.29 is 4.74 Å². The van der Waals surface area contributed by atoms with E-state index in [1.165, 1.54) is 11.1 Å². The van der Waals surface area contributed by atoms with Crippen LogP contribution in [0, 0.1) is 0 Å². The molecule has 1 aromatic heterocycles.